The maximum atomic E-state index is 13.0. The van der Waals surface area contributed by atoms with Crippen molar-refractivity contribution in [2.24, 2.45) is 0 Å². The van der Waals surface area contributed by atoms with Crippen LogP contribution < -0.4 is 4.74 Å². The van der Waals surface area contributed by atoms with Gasteiger partial charge in [-0.15, -0.1) is 0 Å². The highest BCUT2D eigenvalue weighted by atomic mass is 19.4. The maximum Gasteiger partial charge on any atom is 0.419 e. The van der Waals surface area contributed by atoms with Crippen LogP contribution in [0.2, 0.25) is 0 Å². The normalized spacial score (nSPS) is 11.7. The molecule has 0 fully saturated rings. The third-order valence-electron chi connectivity index (χ3n) is 3.05. The molecule has 2 rings (SSSR count). The van der Waals surface area contributed by atoms with E-state index in [-0.39, 0.29) is 17.9 Å². The highest BCUT2D eigenvalue weighted by molar-refractivity contribution is 5.39. The maximum absolute atomic E-state index is 13.0. The molecule has 0 saturated carbocycles. The summed E-state index contributed by atoms with van der Waals surface area (Å²) in [4.78, 5) is 4.02. The Hall–Kier alpha value is -2.02. The van der Waals surface area contributed by atoms with Crippen molar-refractivity contribution in [1.29, 1.82) is 0 Å². The van der Waals surface area contributed by atoms with Crippen LogP contribution in [0.25, 0.3) is 0 Å². The average molecular weight is 300 g/mol. The lowest BCUT2D eigenvalue weighted by molar-refractivity contribution is -0.139. The van der Waals surface area contributed by atoms with E-state index in [9.17, 15) is 13.2 Å². The second-order valence-electron chi connectivity index (χ2n) is 4.50. The molecule has 0 aliphatic carbocycles. The quantitative estimate of drug-likeness (QED) is 0.923. The van der Waals surface area contributed by atoms with Crippen molar-refractivity contribution in [3.05, 3.63) is 47.5 Å². The van der Waals surface area contributed by atoms with Crippen molar-refractivity contribution >= 4 is 0 Å². The number of nitrogens with zero attached hydrogens (tertiary/aromatic N) is 2. The Morgan fingerprint density at radius 2 is 2.10 bits per heavy atom. The van der Waals surface area contributed by atoms with Gasteiger partial charge in [0.1, 0.15) is 18.2 Å². The zero-order chi connectivity index (χ0) is 15.5. The largest absolute Gasteiger partial charge is 0.491 e. The summed E-state index contributed by atoms with van der Waals surface area (Å²) in [5.41, 5.74) is -0.684. The van der Waals surface area contributed by atoms with Gasteiger partial charge in [-0.1, -0.05) is 6.07 Å². The highest BCUT2D eigenvalue weighted by Crippen LogP contribution is 2.36. The first-order chi connectivity index (χ1) is 9.91. The van der Waals surface area contributed by atoms with Gasteiger partial charge in [-0.25, -0.2) is 4.98 Å². The number of hydrogen-bond donors (Lipinski definition) is 1. The summed E-state index contributed by atoms with van der Waals surface area (Å²) in [7, 11) is 0. The fourth-order valence-corrected chi connectivity index (χ4v) is 1.92. The molecule has 0 aliphatic rings. The summed E-state index contributed by atoms with van der Waals surface area (Å²) in [6.07, 6.45) is -1.17. The predicted octanol–water partition coefficient (Wildman–Crippen LogP) is 2.78. The van der Waals surface area contributed by atoms with Crippen molar-refractivity contribution in [3.63, 3.8) is 0 Å². The van der Waals surface area contributed by atoms with Crippen molar-refractivity contribution in [2.75, 3.05) is 6.61 Å². The van der Waals surface area contributed by atoms with Crippen molar-refractivity contribution in [2.45, 2.75) is 26.3 Å². The number of aliphatic hydroxyl groups excluding tert-OH is 1. The van der Waals surface area contributed by atoms with Crippen LogP contribution in [0.3, 0.4) is 0 Å². The first-order valence-corrected chi connectivity index (χ1v) is 6.33. The Morgan fingerprint density at radius 1 is 1.33 bits per heavy atom. The fourth-order valence-electron chi connectivity index (χ4n) is 1.92. The minimum absolute atomic E-state index is 0.0960. The molecule has 0 amide bonds. The van der Waals surface area contributed by atoms with Crippen LogP contribution in [0.4, 0.5) is 13.2 Å². The SMILES string of the molecule is Cc1nccn1CCOc1ccc(CO)cc1C(F)(F)F. The molecule has 1 N–H and O–H groups in total. The van der Waals surface area contributed by atoms with Gasteiger partial charge in [0, 0.05) is 12.4 Å². The Labute approximate surface area is 119 Å². The Bertz CT molecular complexity index is 609. The number of aromatic nitrogens is 2. The summed E-state index contributed by atoms with van der Waals surface area (Å²) >= 11 is 0. The van der Waals surface area contributed by atoms with Gasteiger partial charge in [0.05, 0.1) is 18.7 Å². The third kappa shape index (κ3) is 3.75. The van der Waals surface area contributed by atoms with Gasteiger partial charge in [-0.2, -0.15) is 13.2 Å². The smallest absolute Gasteiger partial charge is 0.419 e. The first kappa shape index (κ1) is 15.4. The van der Waals surface area contributed by atoms with Crippen LogP contribution in [0.1, 0.15) is 17.0 Å². The van der Waals surface area contributed by atoms with Gasteiger partial charge < -0.3 is 14.4 Å². The molecule has 114 valence electrons. The Balaban J connectivity index is 2.10. The molecule has 2 aromatic rings. The molecule has 0 atom stereocenters. The number of hydrogen-bond acceptors (Lipinski definition) is 3. The summed E-state index contributed by atoms with van der Waals surface area (Å²) < 4.78 is 45.9. The zero-order valence-electron chi connectivity index (χ0n) is 11.4. The predicted molar refractivity (Wildman–Crippen MR) is 69.8 cm³/mol. The van der Waals surface area contributed by atoms with Crippen LogP contribution in [0, 0.1) is 6.92 Å². The van der Waals surface area contributed by atoms with E-state index in [2.05, 4.69) is 4.98 Å². The molecule has 21 heavy (non-hydrogen) atoms. The van der Waals surface area contributed by atoms with Gasteiger partial charge in [0.15, 0.2) is 0 Å². The van der Waals surface area contributed by atoms with Crippen molar-refractivity contribution in [1.82, 2.24) is 9.55 Å². The molecule has 7 heteroatoms. The van der Waals surface area contributed by atoms with E-state index < -0.39 is 18.3 Å². The molecule has 0 radical (unpaired) electrons. The molecule has 0 saturated heterocycles. The summed E-state index contributed by atoms with van der Waals surface area (Å²) in [5, 5.41) is 8.93. The number of imidazole rings is 1. The van der Waals surface area contributed by atoms with E-state index in [1.165, 1.54) is 12.1 Å². The van der Waals surface area contributed by atoms with Crippen LogP contribution in [-0.2, 0) is 19.3 Å². The molecular weight excluding hydrogens is 285 g/mol. The second-order valence-corrected chi connectivity index (χ2v) is 4.50. The van der Waals surface area contributed by atoms with E-state index in [1.54, 1.807) is 23.9 Å². The van der Waals surface area contributed by atoms with Crippen molar-refractivity contribution in [3.8, 4) is 5.75 Å². The van der Waals surface area contributed by atoms with E-state index in [0.717, 1.165) is 11.9 Å². The lowest BCUT2D eigenvalue weighted by atomic mass is 10.1. The molecule has 0 spiro atoms. The fraction of sp³-hybridized carbons (Fsp3) is 0.357. The molecule has 1 heterocycles. The molecule has 1 aromatic heterocycles. The monoisotopic (exact) mass is 300 g/mol. The van der Waals surface area contributed by atoms with Crippen LogP contribution >= 0.6 is 0 Å². The molecule has 0 bridgehead atoms. The number of rotatable bonds is 5. The number of ether oxygens (including phenoxy) is 1. The third-order valence-corrected chi connectivity index (χ3v) is 3.05. The minimum atomic E-state index is -4.52. The van der Waals surface area contributed by atoms with Crippen LogP contribution in [0.15, 0.2) is 30.6 Å². The average Bonchev–Trinajstić information content (AvgIpc) is 2.83. The highest BCUT2D eigenvalue weighted by Gasteiger charge is 2.34. The van der Waals surface area contributed by atoms with E-state index in [1.807, 2.05) is 0 Å². The molecule has 4 nitrogen and oxygen atoms in total. The lowest BCUT2D eigenvalue weighted by Crippen LogP contribution is -2.13. The van der Waals surface area contributed by atoms with Crippen molar-refractivity contribution < 1.29 is 23.0 Å². The van der Waals surface area contributed by atoms with Crippen LogP contribution in [-0.4, -0.2) is 21.3 Å². The van der Waals surface area contributed by atoms with Gasteiger partial charge in [-0.05, 0) is 24.6 Å². The lowest BCUT2D eigenvalue weighted by Gasteiger charge is -2.15. The van der Waals surface area contributed by atoms with Gasteiger partial charge >= 0.3 is 6.18 Å². The van der Waals surface area contributed by atoms with Gasteiger partial charge in [0.2, 0.25) is 0 Å². The first-order valence-electron chi connectivity index (χ1n) is 6.33. The number of aliphatic hydroxyl groups is 1. The summed E-state index contributed by atoms with van der Waals surface area (Å²) in [5.74, 6) is 0.530. The van der Waals surface area contributed by atoms with E-state index in [0.29, 0.717) is 6.54 Å². The summed E-state index contributed by atoms with van der Waals surface area (Å²) in [6.45, 7) is 1.86. The topological polar surface area (TPSA) is 47.3 Å². The molecule has 1 aromatic carbocycles. The number of aryl methyl sites for hydroxylation is 1. The molecule has 0 aliphatic heterocycles. The Kier molecular flexibility index (Phi) is 4.52. The van der Waals surface area contributed by atoms with E-state index in [4.69, 9.17) is 9.84 Å². The standard InChI is InChI=1S/C14H15F3N2O2/c1-10-18-4-5-19(10)6-7-21-13-3-2-11(9-20)8-12(13)14(15,16)17/h2-5,8,20H,6-7,9H2,1H3. The minimum Gasteiger partial charge on any atom is -0.491 e. The zero-order valence-corrected chi connectivity index (χ0v) is 11.4. The Morgan fingerprint density at radius 3 is 2.67 bits per heavy atom. The van der Waals surface area contributed by atoms with E-state index >= 15 is 0 Å². The second kappa shape index (κ2) is 6.17. The van der Waals surface area contributed by atoms with Gasteiger partial charge in [0.25, 0.3) is 0 Å². The van der Waals surface area contributed by atoms with Gasteiger partial charge in [-0.3, -0.25) is 0 Å². The van der Waals surface area contributed by atoms with Crippen LogP contribution in [0.5, 0.6) is 5.75 Å². The summed E-state index contributed by atoms with van der Waals surface area (Å²) in [6, 6.07) is 3.54. The molecule has 0 unspecified atom stereocenters. The number of benzene rings is 1. The number of halogens is 3. The number of alkyl halides is 3. The molecular formula is C14H15F3N2O2.